The zero-order chi connectivity index (χ0) is 28.2. The molecule has 2 heterocycles. The van der Waals surface area contributed by atoms with Gasteiger partial charge in [0.2, 0.25) is 5.91 Å². The molecule has 1 aromatic heterocycles. The molecule has 1 amide bonds. The van der Waals surface area contributed by atoms with E-state index in [1.165, 1.54) is 44.9 Å². The summed E-state index contributed by atoms with van der Waals surface area (Å²) in [5, 5.41) is 10.4. The highest BCUT2D eigenvalue weighted by Crippen LogP contribution is 2.68. The molecule has 5 fully saturated rings. The third kappa shape index (κ3) is 4.78. The molecule has 6 heteroatoms. The second-order valence-electron chi connectivity index (χ2n) is 15.2. The summed E-state index contributed by atoms with van der Waals surface area (Å²) in [4.78, 5) is 26.5. The molecule has 4 aliphatic carbocycles. The molecular weight excluding hydrogens is 496 g/mol. The van der Waals surface area contributed by atoms with Gasteiger partial charge >= 0.3 is 0 Å². The number of aliphatic hydroxyl groups excluding tert-OH is 1. The molecule has 0 unspecified atom stereocenters. The summed E-state index contributed by atoms with van der Waals surface area (Å²) in [6.07, 6.45) is 16.7. The van der Waals surface area contributed by atoms with Crippen molar-refractivity contribution in [1.29, 1.82) is 0 Å². The van der Waals surface area contributed by atoms with Crippen molar-refractivity contribution in [3.63, 3.8) is 0 Å². The number of aliphatic hydroxyl groups is 1. The van der Waals surface area contributed by atoms with Crippen molar-refractivity contribution in [1.82, 2.24) is 14.9 Å². The second-order valence-corrected chi connectivity index (χ2v) is 15.2. The summed E-state index contributed by atoms with van der Waals surface area (Å²) < 4.78 is 0. The summed E-state index contributed by atoms with van der Waals surface area (Å²) in [5.74, 6) is 6.03. The van der Waals surface area contributed by atoms with Gasteiger partial charge in [-0.05, 0) is 124 Å². The molecule has 4 saturated carbocycles. The molecule has 10 atom stereocenters. The van der Waals surface area contributed by atoms with E-state index >= 15 is 0 Å². The summed E-state index contributed by atoms with van der Waals surface area (Å²) in [6, 6.07) is 0.201. The van der Waals surface area contributed by atoms with Crippen LogP contribution in [0.2, 0.25) is 0 Å². The molecule has 222 valence electrons. The van der Waals surface area contributed by atoms with Crippen molar-refractivity contribution in [3.8, 4) is 0 Å². The normalized spacial score (nSPS) is 42.1. The maximum atomic E-state index is 13.4. The van der Waals surface area contributed by atoms with Gasteiger partial charge in [-0.25, -0.2) is 9.97 Å². The van der Waals surface area contributed by atoms with Crippen LogP contribution in [0, 0.1) is 53.3 Å². The lowest BCUT2D eigenvalue weighted by atomic mass is 9.44. The summed E-state index contributed by atoms with van der Waals surface area (Å²) in [7, 11) is 0. The van der Waals surface area contributed by atoms with Crippen LogP contribution in [0.3, 0.4) is 0 Å². The first kappa shape index (κ1) is 28.4. The van der Waals surface area contributed by atoms with E-state index in [-0.39, 0.29) is 12.1 Å². The number of amides is 1. The van der Waals surface area contributed by atoms with Gasteiger partial charge in [0, 0.05) is 43.9 Å². The van der Waals surface area contributed by atoms with Gasteiger partial charge in [-0.3, -0.25) is 4.79 Å². The minimum atomic E-state index is -0.0580. The highest BCUT2D eigenvalue weighted by atomic mass is 16.3. The topological polar surface area (TPSA) is 69.6 Å². The van der Waals surface area contributed by atoms with Gasteiger partial charge < -0.3 is 14.9 Å². The van der Waals surface area contributed by atoms with Crippen LogP contribution < -0.4 is 4.90 Å². The molecule has 0 aromatic carbocycles. The first-order valence-electron chi connectivity index (χ1n) is 16.6. The van der Waals surface area contributed by atoms with E-state index in [1.807, 2.05) is 6.20 Å². The van der Waals surface area contributed by atoms with Crippen molar-refractivity contribution in [2.45, 2.75) is 117 Å². The smallest absolute Gasteiger partial charge is 0.222 e. The summed E-state index contributed by atoms with van der Waals surface area (Å²) >= 11 is 0. The van der Waals surface area contributed by atoms with Gasteiger partial charge in [-0.2, -0.15) is 0 Å². The number of carbonyl (C=O) groups excluding carboxylic acids is 1. The first-order valence-corrected chi connectivity index (χ1v) is 16.6. The number of rotatable bonds is 5. The number of aryl methyl sites for hydroxylation is 1. The standard InChI is InChI=1S/C34H54N4O2/c1-22(6-11-31(40)38-17-16-37(20-24(38)3)32-23(2)19-35-21-36-32)28-9-10-29-27-8-7-25-18-26(39)12-14-33(25,4)30(27)13-15-34(28,29)5/h19,21-22,24-30,39H,6-18,20H2,1-5H3/t22-,24+,25+,26+,27+,28-,29+,30+,33+,34-/m1/s1. The highest BCUT2D eigenvalue weighted by molar-refractivity contribution is 5.77. The lowest BCUT2D eigenvalue weighted by Crippen LogP contribution is -2.54. The van der Waals surface area contributed by atoms with Crippen LogP contribution in [0.25, 0.3) is 0 Å². The van der Waals surface area contributed by atoms with Crippen molar-refractivity contribution in [2.75, 3.05) is 24.5 Å². The van der Waals surface area contributed by atoms with Crippen molar-refractivity contribution >= 4 is 11.7 Å². The number of carbonyl (C=O) groups is 1. The summed E-state index contributed by atoms with van der Waals surface area (Å²) in [5.41, 5.74) is 1.99. The van der Waals surface area contributed by atoms with Crippen LogP contribution >= 0.6 is 0 Å². The third-order valence-corrected chi connectivity index (χ3v) is 13.3. The maximum Gasteiger partial charge on any atom is 0.222 e. The Hall–Kier alpha value is -1.69. The van der Waals surface area contributed by atoms with Crippen LogP contribution in [0.4, 0.5) is 5.82 Å². The van der Waals surface area contributed by atoms with Crippen LogP contribution in [-0.4, -0.2) is 57.7 Å². The van der Waals surface area contributed by atoms with E-state index in [9.17, 15) is 9.90 Å². The van der Waals surface area contributed by atoms with Crippen molar-refractivity contribution < 1.29 is 9.90 Å². The Morgan fingerprint density at radius 3 is 2.62 bits per heavy atom. The summed E-state index contributed by atoms with van der Waals surface area (Å²) in [6.45, 7) is 14.4. The van der Waals surface area contributed by atoms with Crippen LogP contribution in [0.5, 0.6) is 0 Å². The Morgan fingerprint density at radius 1 is 1.07 bits per heavy atom. The Morgan fingerprint density at radius 2 is 1.85 bits per heavy atom. The Bertz CT molecular complexity index is 1080. The van der Waals surface area contributed by atoms with Gasteiger partial charge in [-0.1, -0.05) is 20.8 Å². The van der Waals surface area contributed by atoms with Gasteiger partial charge in [-0.15, -0.1) is 0 Å². The number of nitrogens with zero attached hydrogens (tertiary/aromatic N) is 4. The zero-order valence-electron chi connectivity index (χ0n) is 25.8. The molecule has 0 radical (unpaired) electrons. The Balaban J connectivity index is 1.05. The van der Waals surface area contributed by atoms with Gasteiger partial charge in [0.05, 0.1) is 6.10 Å². The van der Waals surface area contributed by atoms with Crippen molar-refractivity contribution in [2.24, 2.45) is 46.3 Å². The highest BCUT2D eigenvalue weighted by Gasteiger charge is 2.60. The van der Waals surface area contributed by atoms with E-state index < -0.39 is 0 Å². The van der Waals surface area contributed by atoms with Gasteiger partial charge in [0.1, 0.15) is 12.1 Å². The molecule has 1 aromatic rings. The van der Waals surface area contributed by atoms with Crippen molar-refractivity contribution in [3.05, 3.63) is 18.1 Å². The van der Waals surface area contributed by atoms with E-state index in [0.717, 1.165) is 79.9 Å². The predicted molar refractivity (Wildman–Crippen MR) is 160 cm³/mol. The predicted octanol–water partition coefficient (Wildman–Crippen LogP) is 6.26. The molecule has 40 heavy (non-hydrogen) atoms. The largest absolute Gasteiger partial charge is 0.393 e. The number of hydrogen-bond acceptors (Lipinski definition) is 5. The number of aromatic nitrogens is 2. The molecule has 5 aliphatic rings. The van der Waals surface area contributed by atoms with Crippen LogP contribution in [0.1, 0.15) is 104 Å². The lowest BCUT2D eigenvalue weighted by molar-refractivity contribution is -0.135. The minimum absolute atomic E-state index is 0.0580. The molecule has 6 rings (SSSR count). The second kappa shape index (κ2) is 10.9. The van der Waals surface area contributed by atoms with Crippen LogP contribution in [-0.2, 0) is 4.79 Å². The fourth-order valence-corrected chi connectivity index (χ4v) is 11.2. The minimum Gasteiger partial charge on any atom is -0.393 e. The Labute approximate surface area is 242 Å². The lowest BCUT2D eigenvalue weighted by Gasteiger charge is -2.61. The average Bonchev–Trinajstić information content (AvgIpc) is 3.29. The SMILES string of the molecule is Cc1cncnc1N1CCN(C(=O)CC[C@@H](C)[C@H]2CC[C@H]3[C@@H]4CC[C@H]5C[C@@H](O)CC[C@]5(C)[C@H]4CC[C@]23C)[C@@H](C)C1. The molecule has 1 aliphatic heterocycles. The molecule has 0 bridgehead atoms. The molecule has 1 N–H and O–H groups in total. The molecular formula is C34H54N4O2. The number of fused-ring (bicyclic) bond motifs is 5. The Kier molecular flexibility index (Phi) is 7.72. The number of piperazine rings is 1. The zero-order valence-corrected chi connectivity index (χ0v) is 25.8. The van der Waals surface area contributed by atoms with E-state index in [2.05, 4.69) is 54.4 Å². The van der Waals surface area contributed by atoms with E-state index in [0.29, 0.717) is 29.1 Å². The van der Waals surface area contributed by atoms with Gasteiger partial charge in [0.15, 0.2) is 0 Å². The van der Waals surface area contributed by atoms with Gasteiger partial charge in [0.25, 0.3) is 0 Å². The average molecular weight is 551 g/mol. The molecule has 1 saturated heterocycles. The third-order valence-electron chi connectivity index (χ3n) is 13.3. The maximum absolute atomic E-state index is 13.4. The van der Waals surface area contributed by atoms with E-state index in [1.54, 1.807) is 6.33 Å². The van der Waals surface area contributed by atoms with Crippen LogP contribution in [0.15, 0.2) is 12.5 Å². The van der Waals surface area contributed by atoms with E-state index in [4.69, 9.17) is 0 Å². The molecule has 0 spiro atoms. The fourth-order valence-electron chi connectivity index (χ4n) is 11.2. The number of hydrogen-bond donors (Lipinski definition) is 1. The number of anilines is 1. The fraction of sp³-hybridized carbons (Fsp3) is 0.853. The molecule has 6 nitrogen and oxygen atoms in total. The first-order chi connectivity index (χ1) is 19.1. The quantitative estimate of drug-likeness (QED) is 0.469. The monoisotopic (exact) mass is 550 g/mol.